The fraction of sp³-hybridized carbons (Fsp3) is 0.647. The molecule has 10 N–H and O–H groups in total. The van der Waals surface area contributed by atoms with Crippen molar-refractivity contribution in [1.82, 2.24) is 19.5 Å². The molecule has 0 aromatic carbocycles. The Bertz CT molecular complexity index is 1100. The van der Waals surface area contributed by atoms with Gasteiger partial charge in [0.05, 0.1) is 12.9 Å². The fourth-order valence-corrected chi connectivity index (χ4v) is 4.07. The number of aromatic amines is 1. The van der Waals surface area contributed by atoms with Crippen molar-refractivity contribution in [2.24, 2.45) is 16.5 Å². The lowest BCUT2D eigenvalue weighted by Gasteiger charge is -2.17. The van der Waals surface area contributed by atoms with Gasteiger partial charge in [-0.05, 0) is 12.8 Å². The number of hydrogen-bond acceptors (Lipinski definition) is 10. The van der Waals surface area contributed by atoms with E-state index in [9.17, 15) is 14.8 Å². The molecular weight excluding hydrogens is 491 g/mol. The molecule has 0 saturated carbocycles. The van der Waals surface area contributed by atoms with E-state index in [4.69, 9.17) is 38.2 Å². The van der Waals surface area contributed by atoms with E-state index in [0.29, 0.717) is 30.2 Å². The van der Waals surface area contributed by atoms with Gasteiger partial charge in [0.15, 0.2) is 16.8 Å². The van der Waals surface area contributed by atoms with Crippen molar-refractivity contribution in [1.29, 1.82) is 0 Å². The van der Waals surface area contributed by atoms with E-state index in [-0.39, 0.29) is 10.6 Å². The van der Waals surface area contributed by atoms with Crippen molar-refractivity contribution in [3.8, 4) is 0 Å². The first-order valence-electron chi connectivity index (χ1n) is 10.5. The number of phosphoric ester groups is 1. The Hall–Kier alpha value is -2.17. The second kappa shape index (κ2) is 11.5. The van der Waals surface area contributed by atoms with Crippen molar-refractivity contribution >= 4 is 43.1 Å². The van der Waals surface area contributed by atoms with Gasteiger partial charge in [0.2, 0.25) is 5.95 Å². The Kier molecular flexibility index (Phi) is 8.95. The molecule has 0 bridgehead atoms. The van der Waals surface area contributed by atoms with Gasteiger partial charge in [-0.15, -0.1) is 0 Å². The number of anilines is 1. The summed E-state index contributed by atoms with van der Waals surface area (Å²) < 4.78 is 22.6. The molecule has 3 heterocycles. The normalized spacial score (nSPS) is 22.8. The van der Waals surface area contributed by atoms with Gasteiger partial charge in [0.25, 0.3) is 0 Å². The van der Waals surface area contributed by atoms with Crippen LogP contribution in [0.25, 0.3) is 11.2 Å². The Morgan fingerprint density at radius 1 is 1.29 bits per heavy atom. The first-order valence-corrected chi connectivity index (χ1v) is 12.5. The number of aliphatic hydroxyl groups is 2. The molecule has 17 heteroatoms. The van der Waals surface area contributed by atoms with Crippen molar-refractivity contribution < 1.29 is 33.8 Å². The van der Waals surface area contributed by atoms with Crippen LogP contribution in [0.3, 0.4) is 0 Å². The minimum absolute atomic E-state index is 0.0904. The number of phosphoric acid groups is 1. The van der Waals surface area contributed by atoms with Gasteiger partial charge in [0, 0.05) is 13.1 Å². The van der Waals surface area contributed by atoms with Gasteiger partial charge in [-0.3, -0.25) is 14.1 Å². The lowest BCUT2D eigenvalue weighted by Crippen LogP contribution is -2.33. The van der Waals surface area contributed by atoms with E-state index in [1.54, 1.807) is 0 Å². The minimum atomic E-state index is -4.77. The number of aromatic nitrogens is 4. The third-order valence-corrected chi connectivity index (χ3v) is 5.91. The molecule has 15 nitrogen and oxygen atoms in total. The molecule has 1 aliphatic rings. The summed E-state index contributed by atoms with van der Waals surface area (Å²) in [6.45, 7) is 0.617. The van der Waals surface area contributed by atoms with E-state index in [0.717, 1.165) is 25.7 Å². The van der Waals surface area contributed by atoms with Crippen LogP contribution in [0.4, 0.5) is 5.95 Å². The molecule has 2 unspecified atom stereocenters. The number of fused-ring (bicyclic) bond motifs is 1. The standard InChI is InChI=1S/C17H29N8O7PS/c18-16(19)20-5-3-1-2-4-6-21-17-23-13-10(14(34)24-17)22-8-25(13)15-12(27)11(26)9(32-15)7-31-33(28,29)30/h8-9,11-12,15,26-27H,1-7H2,(H4,18,19,20)(H2,28,29,30)(H2,21,23,24,34)/t9-,11?,12?,15-/m1/s1. The van der Waals surface area contributed by atoms with Gasteiger partial charge in [-0.2, -0.15) is 0 Å². The zero-order valence-electron chi connectivity index (χ0n) is 18.1. The van der Waals surface area contributed by atoms with Gasteiger partial charge in [-0.25, -0.2) is 14.5 Å². The predicted molar refractivity (Wildman–Crippen MR) is 124 cm³/mol. The first kappa shape index (κ1) is 26.4. The quantitative estimate of drug-likeness (QED) is 0.0577. The third kappa shape index (κ3) is 6.93. The molecule has 34 heavy (non-hydrogen) atoms. The maximum absolute atomic E-state index is 10.9. The summed E-state index contributed by atoms with van der Waals surface area (Å²) in [6.07, 6.45) is -0.0521. The highest BCUT2D eigenvalue weighted by Crippen LogP contribution is 2.38. The number of rotatable bonds is 12. The van der Waals surface area contributed by atoms with Gasteiger partial charge in [-0.1, -0.05) is 25.1 Å². The molecule has 3 rings (SSSR count). The van der Waals surface area contributed by atoms with Crippen LogP contribution in [0.2, 0.25) is 0 Å². The number of nitrogens with one attached hydrogen (secondary N) is 2. The van der Waals surface area contributed by atoms with Crippen molar-refractivity contribution in [2.45, 2.75) is 50.2 Å². The minimum Gasteiger partial charge on any atom is -0.387 e. The lowest BCUT2D eigenvalue weighted by atomic mass is 10.1. The van der Waals surface area contributed by atoms with Crippen LogP contribution >= 0.6 is 20.0 Å². The largest absolute Gasteiger partial charge is 0.469 e. The summed E-state index contributed by atoms with van der Waals surface area (Å²) in [5, 5.41) is 23.8. The lowest BCUT2D eigenvalue weighted by molar-refractivity contribution is -0.0503. The van der Waals surface area contributed by atoms with E-state index in [2.05, 4.69) is 29.8 Å². The monoisotopic (exact) mass is 520 g/mol. The maximum Gasteiger partial charge on any atom is 0.469 e. The van der Waals surface area contributed by atoms with Gasteiger partial charge < -0.3 is 46.5 Å². The van der Waals surface area contributed by atoms with Gasteiger partial charge in [0.1, 0.15) is 29.5 Å². The van der Waals surface area contributed by atoms with Crippen LogP contribution in [-0.4, -0.2) is 83.5 Å². The highest BCUT2D eigenvalue weighted by Gasteiger charge is 2.45. The van der Waals surface area contributed by atoms with E-state index >= 15 is 0 Å². The van der Waals surface area contributed by atoms with Crippen LogP contribution in [0.15, 0.2) is 11.3 Å². The number of nitrogens with two attached hydrogens (primary N) is 2. The number of aliphatic imine (C=N–C) groups is 1. The predicted octanol–water partition coefficient (Wildman–Crippen LogP) is -0.537. The molecule has 2 aromatic heterocycles. The van der Waals surface area contributed by atoms with Crippen molar-refractivity contribution in [2.75, 3.05) is 25.0 Å². The first-order chi connectivity index (χ1) is 16.1. The molecule has 4 atom stereocenters. The van der Waals surface area contributed by atoms with Crippen LogP contribution in [0.5, 0.6) is 0 Å². The summed E-state index contributed by atoms with van der Waals surface area (Å²) in [4.78, 5) is 33.2. The third-order valence-electron chi connectivity index (χ3n) is 5.14. The summed E-state index contributed by atoms with van der Waals surface area (Å²) >= 11 is 5.32. The average molecular weight is 521 g/mol. The van der Waals surface area contributed by atoms with Crippen molar-refractivity contribution in [3.05, 3.63) is 11.0 Å². The zero-order valence-corrected chi connectivity index (χ0v) is 19.9. The van der Waals surface area contributed by atoms with E-state index in [1.165, 1.54) is 10.9 Å². The second-order valence-electron chi connectivity index (χ2n) is 7.72. The smallest absolute Gasteiger partial charge is 0.387 e. The molecule has 0 radical (unpaired) electrons. The highest BCUT2D eigenvalue weighted by molar-refractivity contribution is 7.71. The van der Waals surface area contributed by atoms with Crippen molar-refractivity contribution in [3.63, 3.8) is 0 Å². The molecule has 0 spiro atoms. The Morgan fingerprint density at radius 2 is 2.03 bits per heavy atom. The number of guanidine groups is 1. The topological polar surface area (TPSA) is 239 Å². The number of ether oxygens (including phenoxy) is 1. The zero-order chi connectivity index (χ0) is 24.9. The van der Waals surface area contributed by atoms with Crippen LogP contribution < -0.4 is 16.8 Å². The molecule has 190 valence electrons. The number of unbranched alkanes of at least 4 members (excludes halogenated alkanes) is 3. The molecule has 0 aliphatic carbocycles. The molecule has 1 aliphatic heterocycles. The average Bonchev–Trinajstić information content (AvgIpc) is 3.29. The summed E-state index contributed by atoms with van der Waals surface area (Å²) in [7, 11) is -4.77. The van der Waals surface area contributed by atoms with E-state index < -0.39 is 39.0 Å². The highest BCUT2D eigenvalue weighted by atomic mass is 32.1. The fourth-order valence-electron chi connectivity index (χ4n) is 3.49. The molecule has 1 saturated heterocycles. The summed E-state index contributed by atoms with van der Waals surface area (Å²) in [5.41, 5.74) is 11.3. The summed E-state index contributed by atoms with van der Waals surface area (Å²) in [6, 6.07) is 0. The van der Waals surface area contributed by atoms with Gasteiger partial charge >= 0.3 is 7.82 Å². The Balaban J connectivity index is 1.63. The number of nitrogens with zero attached hydrogens (tertiary/aromatic N) is 4. The van der Waals surface area contributed by atoms with E-state index in [1.807, 2.05) is 0 Å². The Labute approximate surface area is 199 Å². The summed E-state index contributed by atoms with van der Waals surface area (Å²) in [5.74, 6) is 0.488. The SMILES string of the molecule is NC(N)=NCCCCCCNc1nc(=S)c2ncn([C@@H]3O[C@H](COP(=O)(O)O)C(O)C3O)c2[nH]1. The van der Waals surface area contributed by atoms with Crippen LogP contribution in [0.1, 0.15) is 31.9 Å². The number of hydrogen-bond donors (Lipinski definition) is 8. The number of imidazole rings is 1. The van der Waals surface area contributed by atoms with Crippen LogP contribution in [-0.2, 0) is 13.8 Å². The second-order valence-corrected chi connectivity index (χ2v) is 9.35. The number of H-pyrrole nitrogens is 1. The van der Waals surface area contributed by atoms with Crippen LogP contribution in [0, 0.1) is 4.64 Å². The molecule has 1 fully saturated rings. The molecule has 0 amide bonds. The molecule has 2 aromatic rings. The number of aliphatic hydroxyl groups excluding tert-OH is 2. The Morgan fingerprint density at radius 3 is 2.74 bits per heavy atom. The molecular formula is C17H29N8O7PS. The maximum atomic E-state index is 10.9.